The van der Waals surface area contributed by atoms with Gasteiger partial charge >= 0.3 is 0 Å². The molecular formula is C13H15N3O. The summed E-state index contributed by atoms with van der Waals surface area (Å²) >= 11 is 0. The van der Waals surface area contributed by atoms with E-state index in [4.69, 9.17) is 0 Å². The number of aromatic nitrogens is 2. The fourth-order valence-corrected chi connectivity index (χ4v) is 1.74. The second kappa shape index (κ2) is 4.41. The third-order valence-electron chi connectivity index (χ3n) is 2.68. The molecule has 0 atom stereocenters. The molecule has 4 nitrogen and oxygen atoms in total. The van der Waals surface area contributed by atoms with Crippen LogP contribution in [-0.4, -0.2) is 15.7 Å². The van der Waals surface area contributed by atoms with Crippen LogP contribution in [0.15, 0.2) is 30.5 Å². The zero-order chi connectivity index (χ0) is 12.4. The molecule has 1 heterocycles. The minimum Gasteiger partial charge on any atom is -0.320 e. The minimum atomic E-state index is -0.142. The number of amides is 1. The Labute approximate surface area is 100 Å². The lowest BCUT2D eigenvalue weighted by atomic mass is 10.1. The molecule has 0 spiro atoms. The summed E-state index contributed by atoms with van der Waals surface area (Å²) in [7, 11) is 1.75. The van der Waals surface area contributed by atoms with Crippen LogP contribution in [-0.2, 0) is 7.05 Å². The van der Waals surface area contributed by atoms with E-state index < -0.39 is 0 Å². The number of hydrogen-bond acceptors (Lipinski definition) is 2. The SMILES string of the molecule is Cc1ccc(NC(=O)c2ccnn2C)c(C)c1. The highest BCUT2D eigenvalue weighted by atomic mass is 16.2. The molecule has 0 fully saturated rings. The topological polar surface area (TPSA) is 46.9 Å². The van der Waals surface area contributed by atoms with Crippen molar-refractivity contribution in [3.05, 3.63) is 47.3 Å². The number of aryl methyl sites for hydroxylation is 3. The number of carbonyl (C=O) groups is 1. The Morgan fingerprint density at radius 2 is 2.06 bits per heavy atom. The second-order valence-electron chi connectivity index (χ2n) is 4.11. The predicted molar refractivity (Wildman–Crippen MR) is 67.1 cm³/mol. The van der Waals surface area contributed by atoms with E-state index in [1.807, 2.05) is 32.0 Å². The summed E-state index contributed by atoms with van der Waals surface area (Å²) in [5.74, 6) is -0.142. The van der Waals surface area contributed by atoms with Crippen LogP contribution in [0.25, 0.3) is 0 Å². The van der Waals surface area contributed by atoms with Gasteiger partial charge in [-0.05, 0) is 31.5 Å². The normalized spacial score (nSPS) is 10.3. The van der Waals surface area contributed by atoms with E-state index in [1.165, 1.54) is 5.56 Å². The van der Waals surface area contributed by atoms with Crippen molar-refractivity contribution in [3.8, 4) is 0 Å². The summed E-state index contributed by atoms with van der Waals surface area (Å²) < 4.78 is 1.55. The van der Waals surface area contributed by atoms with E-state index in [9.17, 15) is 4.79 Å². The second-order valence-corrected chi connectivity index (χ2v) is 4.11. The summed E-state index contributed by atoms with van der Waals surface area (Å²) in [5, 5.41) is 6.85. The molecule has 0 bridgehead atoms. The number of nitrogens with zero attached hydrogens (tertiary/aromatic N) is 2. The van der Waals surface area contributed by atoms with Crippen molar-refractivity contribution in [2.75, 3.05) is 5.32 Å². The van der Waals surface area contributed by atoms with Gasteiger partial charge < -0.3 is 5.32 Å². The molecule has 0 aliphatic heterocycles. The van der Waals surface area contributed by atoms with Gasteiger partial charge in [-0.3, -0.25) is 9.48 Å². The van der Waals surface area contributed by atoms with Crippen molar-refractivity contribution in [3.63, 3.8) is 0 Å². The first-order valence-corrected chi connectivity index (χ1v) is 5.44. The molecule has 0 aliphatic rings. The lowest BCUT2D eigenvalue weighted by Crippen LogP contribution is -2.16. The lowest BCUT2D eigenvalue weighted by Gasteiger charge is -2.09. The molecule has 2 rings (SSSR count). The molecule has 0 saturated carbocycles. The van der Waals surface area contributed by atoms with Gasteiger partial charge in [-0.1, -0.05) is 17.7 Å². The largest absolute Gasteiger partial charge is 0.320 e. The number of rotatable bonds is 2. The van der Waals surface area contributed by atoms with E-state index in [2.05, 4.69) is 10.4 Å². The van der Waals surface area contributed by atoms with E-state index >= 15 is 0 Å². The first-order valence-electron chi connectivity index (χ1n) is 5.44. The number of carbonyl (C=O) groups excluding carboxylic acids is 1. The highest BCUT2D eigenvalue weighted by Crippen LogP contribution is 2.16. The third-order valence-corrected chi connectivity index (χ3v) is 2.68. The van der Waals surface area contributed by atoms with E-state index in [0.717, 1.165) is 11.3 Å². The Kier molecular flexibility index (Phi) is 2.95. The molecule has 2 aromatic rings. The number of anilines is 1. The maximum Gasteiger partial charge on any atom is 0.273 e. The highest BCUT2D eigenvalue weighted by Gasteiger charge is 2.10. The maximum absolute atomic E-state index is 12.0. The fourth-order valence-electron chi connectivity index (χ4n) is 1.74. The Hall–Kier alpha value is -2.10. The first kappa shape index (κ1) is 11.4. The van der Waals surface area contributed by atoms with Crippen LogP contribution in [0.3, 0.4) is 0 Å². The molecule has 1 amide bonds. The Morgan fingerprint density at radius 3 is 2.65 bits per heavy atom. The molecule has 0 unspecified atom stereocenters. The van der Waals surface area contributed by atoms with Crippen molar-refractivity contribution in [2.24, 2.45) is 7.05 Å². The molecule has 0 radical (unpaired) electrons. The van der Waals surface area contributed by atoms with Crippen LogP contribution in [0.1, 0.15) is 21.6 Å². The van der Waals surface area contributed by atoms with Crippen molar-refractivity contribution in [1.29, 1.82) is 0 Å². The first-order chi connectivity index (χ1) is 8.08. The molecule has 88 valence electrons. The van der Waals surface area contributed by atoms with E-state index in [-0.39, 0.29) is 5.91 Å². The molecule has 1 aromatic carbocycles. The van der Waals surface area contributed by atoms with E-state index in [0.29, 0.717) is 5.69 Å². The molecular weight excluding hydrogens is 214 g/mol. The molecule has 0 aliphatic carbocycles. The van der Waals surface area contributed by atoms with Gasteiger partial charge in [-0.25, -0.2) is 0 Å². The third kappa shape index (κ3) is 2.36. The van der Waals surface area contributed by atoms with Crippen molar-refractivity contribution in [2.45, 2.75) is 13.8 Å². The Morgan fingerprint density at radius 1 is 1.29 bits per heavy atom. The summed E-state index contributed by atoms with van der Waals surface area (Å²) in [6.45, 7) is 4.01. The van der Waals surface area contributed by atoms with Gasteiger partial charge in [-0.15, -0.1) is 0 Å². The van der Waals surface area contributed by atoms with Crippen LogP contribution in [0.2, 0.25) is 0 Å². The molecule has 4 heteroatoms. The van der Waals surface area contributed by atoms with Gasteiger partial charge in [0.2, 0.25) is 0 Å². The fraction of sp³-hybridized carbons (Fsp3) is 0.231. The average molecular weight is 229 g/mol. The van der Waals surface area contributed by atoms with Crippen LogP contribution < -0.4 is 5.32 Å². The summed E-state index contributed by atoms with van der Waals surface area (Å²) in [4.78, 5) is 12.0. The molecule has 17 heavy (non-hydrogen) atoms. The van der Waals surface area contributed by atoms with Crippen molar-refractivity contribution < 1.29 is 4.79 Å². The quantitative estimate of drug-likeness (QED) is 0.858. The lowest BCUT2D eigenvalue weighted by molar-refractivity contribution is 0.101. The average Bonchev–Trinajstić information content (AvgIpc) is 2.68. The van der Waals surface area contributed by atoms with Crippen LogP contribution in [0.4, 0.5) is 5.69 Å². The molecule has 0 saturated heterocycles. The monoisotopic (exact) mass is 229 g/mol. The number of hydrogen-bond donors (Lipinski definition) is 1. The van der Waals surface area contributed by atoms with Crippen molar-refractivity contribution >= 4 is 11.6 Å². The van der Waals surface area contributed by atoms with Gasteiger partial charge in [0.05, 0.1) is 0 Å². The van der Waals surface area contributed by atoms with Gasteiger partial charge in [0.25, 0.3) is 5.91 Å². The minimum absolute atomic E-state index is 0.142. The zero-order valence-corrected chi connectivity index (χ0v) is 10.2. The summed E-state index contributed by atoms with van der Waals surface area (Å²) in [6.07, 6.45) is 1.61. The summed E-state index contributed by atoms with van der Waals surface area (Å²) in [5.41, 5.74) is 3.62. The predicted octanol–water partition coefficient (Wildman–Crippen LogP) is 2.29. The smallest absolute Gasteiger partial charge is 0.273 e. The zero-order valence-electron chi connectivity index (χ0n) is 10.2. The van der Waals surface area contributed by atoms with Gasteiger partial charge in [0.15, 0.2) is 0 Å². The standard InChI is InChI=1S/C13H15N3O/c1-9-4-5-11(10(2)8-9)15-13(17)12-6-7-14-16(12)3/h4-8H,1-3H3,(H,15,17). The van der Waals surface area contributed by atoms with Gasteiger partial charge in [0.1, 0.15) is 5.69 Å². The van der Waals surface area contributed by atoms with Crippen LogP contribution >= 0.6 is 0 Å². The maximum atomic E-state index is 12.0. The number of benzene rings is 1. The van der Waals surface area contributed by atoms with Crippen LogP contribution in [0, 0.1) is 13.8 Å². The van der Waals surface area contributed by atoms with E-state index in [1.54, 1.807) is 24.0 Å². The molecule has 1 N–H and O–H groups in total. The number of nitrogens with one attached hydrogen (secondary N) is 1. The summed E-state index contributed by atoms with van der Waals surface area (Å²) in [6, 6.07) is 7.63. The van der Waals surface area contributed by atoms with Crippen molar-refractivity contribution in [1.82, 2.24) is 9.78 Å². The Balaban J connectivity index is 2.22. The highest BCUT2D eigenvalue weighted by molar-refractivity contribution is 6.03. The van der Waals surface area contributed by atoms with Gasteiger partial charge in [0, 0.05) is 18.9 Å². The molecule has 1 aromatic heterocycles. The van der Waals surface area contributed by atoms with Gasteiger partial charge in [-0.2, -0.15) is 5.10 Å². The van der Waals surface area contributed by atoms with Crippen LogP contribution in [0.5, 0.6) is 0 Å². The Bertz CT molecular complexity index is 558.